The molecule has 7 heteroatoms. The third kappa shape index (κ3) is 8.42. The molecule has 0 saturated carbocycles. The summed E-state index contributed by atoms with van der Waals surface area (Å²) in [5, 5.41) is 14.8. The molecule has 2 saturated heterocycles. The van der Waals surface area contributed by atoms with Crippen LogP contribution >= 0.6 is 12.2 Å². The fraction of sp³-hybridized carbons (Fsp3) is 0.773. The van der Waals surface area contributed by atoms with Gasteiger partial charge in [0.1, 0.15) is 0 Å². The number of carboxylic acids is 1. The zero-order valence-electron chi connectivity index (χ0n) is 17.5. The van der Waals surface area contributed by atoms with E-state index in [2.05, 4.69) is 29.7 Å². The Labute approximate surface area is 179 Å². The molecule has 3 N–H and O–H groups in total. The van der Waals surface area contributed by atoms with E-state index in [1.54, 1.807) is 0 Å². The van der Waals surface area contributed by atoms with Crippen LogP contribution in [0, 0.1) is 11.8 Å². The van der Waals surface area contributed by atoms with Crippen molar-refractivity contribution in [2.24, 2.45) is 11.8 Å². The Morgan fingerprint density at radius 2 is 1.83 bits per heavy atom. The van der Waals surface area contributed by atoms with E-state index in [4.69, 9.17) is 22.1 Å². The first-order valence-corrected chi connectivity index (χ1v) is 11.5. The Morgan fingerprint density at radius 1 is 1.07 bits per heavy atom. The van der Waals surface area contributed by atoms with Crippen molar-refractivity contribution < 1.29 is 19.4 Å². The number of allylic oxidation sites excluding steroid dienone is 2. The van der Waals surface area contributed by atoms with E-state index in [0.717, 1.165) is 56.4 Å². The van der Waals surface area contributed by atoms with Crippen LogP contribution in [0.3, 0.4) is 0 Å². The maximum Gasteiger partial charge on any atom is 0.303 e. The van der Waals surface area contributed by atoms with Crippen LogP contribution in [-0.2, 0) is 14.3 Å². The predicted octanol–water partition coefficient (Wildman–Crippen LogP) is 3.59. The second kappa shape index (κ2) is 13.0. The first kappa shape index (κ1) is 23.8. The Hall–Kier alpha value is -1.47. The smallest absolute Gasteiger partial charge is 0.303 e. The van der Waals surface area contributed by atoms with Crippen LogP contribution in [0.4, 0.5) is 0 Å². The Morgan fingerprint density at radius 3 is 2.55 bits per heavy atom. The molecule has 0 unspecified atom stereocenters. The highest BCUT2D eigenvalue weighted by Gasteiger charge is 2.47. The molecule has 1 amide bonds. The predicted molar refractivity (Wildman–Crippen MR) is 118 cm³/mol. The molecule has 4 atom stereocenters. The highest BCUT2D eigenvalue weighted by Crippen LogP contribution is 2.44. The molecule has 2 aliphatic rings. The van der Waals surface area contributed by atoms with Gasteiger partial charge in [-0.05, 0) is 50.9 Å². The SMILES string of the molecule is CCCCCC(=S)NCC(=O)NC[C@H]1[C@@H](CC=CCCCC(=O)O)[C@H]2CC[C@@H]1O2. The molecule has 0 aromatic carbocycles. The standard InChI is InChI=1S/C22H36N2O4S/c1-2-3-6-10-21(29)24-15-20(25)23-14-17-16(18-12-13-19(17)28-18)9-7-4-5-8-11-22(26)27/h4,7,16-19H,2-3,5-6,8-15H2,1H3,(H,23,25)(H,24,29)(H,26,27)/t16-,17+,18-,19+/m1/s1. The Bertz CT molecular complexity index is 581. The van der Waals surface area contributed by atoms with Gasteiger partial charge in [-0.25, -0.2) is 0 Å². The average molecular weight is 425 g/mol. The zero-order valence-corrected chi connectivity index (χ0v) is 18.3. The summed E-state index contributed by atoms with van der Waals surface area (Å²) in [6.45, 7) is 3.04. The summed E-state index contributed by atoms with van der Waals surface area (Å²) in [6, 6.07) is 0. The minimum Gasteiger partial charge on any atom is -0.481 e. The second-order valence-electron chi connectivity index (χ2n) is 8.15. The normalized spacial score (nSPS) is 25.4. The largest absolute Gasteiger partial charge is 0.481 e. The van der Waals surface area contributed by atoms with Crippen LogP contribution in [0.5, 0.6) is 0 Å². The lowest BCUT2D eigenvalue weighted by atomic mass is 9.77. The molecule has 0 aromatic heterocycles. The molecule has 2 heterocycles. The van der Waals surface area contributed by atoms with Crippen molar-refractivity contribution >= 4 is 29.1 Å². The van der Waals surface area contributed by atoms with Gasteiger partial charge in [-0.3, -0.25) is 9.59 Å². The minimum absolute atomic E-state index is 0.0198. The molecule has 0 aromatic rings. The average Bonchev–Trinajstić information content (AvgIpc) is 3.29. The number of rotatable bonds is 14. The van der Waals surface area contributed by atoms with Gasteiger partial charge in [0.05, 0.1) is 23.7 Å². The number of hydrogen-bond acceptors (Lipinski definition) is 4. The summed E-state index contributed by atoms with van der Waals surface area (Å²) in [7, 11) is 0. The maximum atomic E-state index is 12.2. The number of carbonyl (C=O) groups is 2. The molecular formula is C22H36N2O4S. The summed E-state index contributed by atoms with van der Waals surface area (Å²) in [6.07, 6.45) is 13.8. The molecule has 2 aliphatic heterocycles. The molecule has 0 spiro atoms. The number of carboxylic acid groups (broad SMARTS) is 1. The van der Waals surface area contributed by atoms with E-state index in [1.165, 1.54) is 0 Å². The monoisotopic (exact) mass is 424 g/mol. The van der Waals surface area contributed by atoms with E-state index in [0.29, 0.717) is 24.8 Å². The summed E-state index contributed by atoms with van der Waals surface area (Å²) in [5.41, 5.74) is 0. The summed E-state index contributed by atoms with van der Waals surface area (Å²) in [5.74, 6) is 0.00577. The topological polar surface area (TPSA) is 87.7 Å². The second-order valence-corrected chi connectivity index (χ2v) is 8.64. The molecule has 2 rings (SSSR count). The molecular weight excluding hydrogens is 388 g/mol. The number of fused-ring (bicyclic) bond motifs is 2. The molecule has 2 fully saturated rings. The van der Waals surface area contributed by atoms with Gasteiger partial charge >= 0.3 is 5.97 Å². The summed E-state index contributed by atoms with van der Waals surface area (Å²) >= 11 is 5.28. The van der Waals surface area contributed by atoms with Crippen LogP contribution in [0.15, 0.2) is 12.2 Å². The molecule has 164 valence electrons. The van der Waals surface area contributed by atoms with Crippen LogP contribution in [0.1, 0.15) is 71.1 Å². The number of ether oxygens (including phenoxy) is 1. The third-order valence-electron chi connectivity index (χ3n) is 5.92. The van der Waals surface area contributed by atoms with Crippen LogP contribution in [0.25, 0.3) is 0 Å². The van der Waals surface area contributed by atoms with Crippen LogP contribution in [-0.4, -0.2) is 47.3 Å². The van der Waals surface area contributed by atoms with Crippen molar-refractivity contribution in [3.8, 4) is 0 Å². The molecule has 29 heavy (non-hydrogen) atoms. The summed E-state index contributed by atoms with van der Waals surface area (Å²) in [4.78, 5) is 23.5. The van der Waals surface area contributed by atoms with E-state index >= 15 is 0 Å². The molecule has 0 radical (unpaired) electrons. The Kier molecular flexibility index (Phi) is 10.6. The quantitative estimate of drug-likeness (QED) is 0.224. The Balaban J connectivity index is 1.68. The van der Waals surface area contributed by atoms with Gasteiger partial charge in [-0.15, -0.1) is 0 Å². The fourth-order valence-corrected chi connectivity index (χ4v) is 4.54. The lowest BCUT2D eigenvalue weighted by molar-refractivity contribution is -0.137. The third-order valence-corrected chi connectivity index (χ3v) is 6.26. The number of unbranched alkanes of at least 4 members (excludes halogenated alkanes) is 3. The number of hydrogen-bond donors (Lipinski definition) is 3. The van der Waals surface area contributed by atoms with Gasteiger partial charge in [0, 0.05) is 18.9 Å². The maximum absolute atomic E-state index is 12.2. The van der Waals surface area contributed by atoms with E-state index < -0.39 is 5.97 Å². The first-order valence-electron chi connectivity index (χ1n) is 11.1. The van der Waals surface area contributed by atoms with E-state index in [9.17, 15) is 9.59 Å². The van der Waals surface area contributed by atoms with E-state index in [1.807, 2.05) is 0 Å². The minimum atomic E-state index is -0.744. The van der Waals surface area contributed by atoms with Crippen LogP contribution < -0.4 is 10.6 Å². The van der Waals surface area contributed by atoms with Gasteiger partial charge < -0.3 is 20.5 Å². The molecule has 0 aliphatic carbocycles. The van der Waals surface area contributed by atoms with Crippen molar-refractivity contribution in [2.75, 3.05) is 13.1 Å². The number of thiocarbonyl (C=S) groups is 1. The first-order chi connectivity index (χ1) is 14.0. The highest BCUT2D eigenvalue weighted by atomic mass is 32.1. The summed E-state index contributed by atoms with van der Waals surface area (Å²) < 4.78 is 6.09. The molecule has 6 nitrogen and oxygen atoms in total. The van der Waals surface area contributed by atoms with Crippen molar-refractivity contribution in [3.63, 3.8) is 0 Å². The fourth-order valence-electron chi connectivity index (χ4n) is 4.32. The zero-order chi connectivity index (χ0) is 21.1. The van der Waals surface area contributed by atoms with Crippen molar-refractivity contribution in [1.29, 1.82) is 0 Å². The molecule has 2 bridgehead atoms. The van der Waals surface area contributed by atoms with Gasteiger partial charge in [-0.2, -0.15) is 0 Å². The van der Waals surface area contributed by atoms with Gasteiger partial charge in [0.15, 0.2) is 0 Å². The van der Waals surface area contributed by atoms with Gasteiger partial charge in [-0.1, -0.05) is 44.1 Å². The number of aliphatic carboxylic acids is 1. The number of amides is 1. The van der Waals surface area contributed by atoms with E-state index in [-0.39, 0.29) is 31.1 Å². The lowest BCUT2D eigenvalue weighted by Gasteiger charge is -2.27. The van der Waals surface area contributed by atoms with Crippen molar-refractivity contribution in [2.45, 2.75) is 83.3 Å². The van der Waals surface area contributed by atoms with Gasteiger partial charge in [0.2, 0.25) is 5.91 Å². The van der Waals surface area contributed by atoms with Crippen molar-refractivity contribution in [1.82, 2.24) is 10.6 Å². The van der Waals surface area contributed by atoms with Crippen LogP contribution in [0.2, 0.25) is 0 Å². The lowest BCUT2D eigenvalue weighted by Crippen LogP contribution is -2.42. The number of nitrogens with one attached hydrogen (secondary N) is 2. The number of carbonyl (C=O) groups excluding carboxylic acids is 1. The highest BCUT2D eigenvalue weighted by molar-refractivity contribution is 7.80. The van der Waals surface area contributed by atoms with Gasteiger partial charge in [0.25, 0.3) is 0 Å². The van der Waals surface area contributed by atoms with Crippen molar-refractivity contribution in [3.05, 3.63) is 12.2 Å².